The van der Waals surface area contributed by atoms with Gasteiger partial charge in [0.05, 0.1) is 16.4 Å². The molecule has 1 saturated carbocycles. The van der Waals surface area contributed by atoms with Crippen molar-refractivity contribution >= 4 is 47.3 Å². The predicted molar refractivity (Wildman–Crippen MR) is 114 cm³/mol. The highest BCUT2D eigenvalue weighted by Gasteiger charge is 2.30. The van der Waals surface area contributed by atoms with Gasteiger partial charge in [-0.2, -0.15) is 14.6 Å². The molecule has 12 heteroatoms. The third kappa shape index (κ3) is 3.74. The van der Waals surface area contributed by atoms with E-state index in [-0.39, 0.29) is 16.9 Å². The van der Waals surface area contributed by atoms with E-state index in [0.717, 1.165) is 12.8 Å². The second-order valence-corrected chi connectivity index (χ2v) is 8.98. The number of nitrogens with zero attached hydrogens (tertiary/aromatic N) is 5. The Balaban J connectivity index is 1.52. The average Bonchev–Trinajstić information content (AvgIpc) is 3.12. The number of amides is 4. The Kier molecular flexibility index (Phi) is 4.65. The van der Waals surface area contributed by atoms with Crippen molar-refractivity contribution < 1.29 is 14.4 Å². The normalized spacial score (nSPS) is 21.9. The van der Waals surface area contributed by atoms with Gasteiger partial charge in [0.1, 0.15) is 11.5 Å². The number of aromatic nitrogens is 4. The molecule has 1 unspecified atom stereocenters. The number of anilines is 1. The van der Waals surface area contributed by atoms with E-state index in [2.05, 4.69) is 21.0 Å². The van der Waals surface area contributed by atoms with E-state index in [9.17, 15) is 14.4 Å². The molecule has 0 bridgehead atoms. The summed E-state index contributed by atoms with van der Waals surface area (Å²) < 4.78 is 1.60. The minimum absolute atomic E-state index is 0.0392. The number of likely N-dealkylation sites (N-methyl/N-ethyl adjacent to an activating group) is 1. The van der Waals surface area contributed by atoms with E-state index in [1.165, 1.54) is 11.8 Å². The van der Waals surface area contributed by atoms with Gasteiger partial charge in [-0.3, -0.25) is 14.9 Å². The number of allylic oxidation sites excluding steroid dienone is 1. The van der Waals surface area contributed by atoms with Gasteiger partial charge in [-0.05, 0) is 25.3 Å². The molecule has 3 N–H and O–H groups in total. The van der Waals surface area contributed by atoms with Crippen molar-refractivity contribution in [2.75, 3.05) is 19.4 Å². The minimum atomic E-state index is -0.564. The fourth-order valence-corrected chi connectivity index (χ4v) is 4.46. The predicted octanol–water partition coefficient (Wildman–Crippen LogP) is 1.03. The summed E-state index contributed by atoms with van der Waals surface area (Å²) in [6.45, 7) is 0. The molecule has 2 fully saturated rings. The van der Waals surface area contributed by atoms with Gasteiger partial charge in [-0.1, -0.05) is 6.08 Å². The van der Waals surface area contributed by atoms with Gasteiger partial charge in [-0.25, -0.2) is 9.78 Å². The molecule has 160 valence electrons. The summed E-state index contributed by atoms with van der Waals surface area (Å²) in [4.78, 5) is 47.3. The molecular weight excluding hydrogens is 420 g/mol. The molecule has 2 aromatic rings. The number of imide groups is 1. The van der Waals surface area contributed by atoms with Crippen LogP contribution in [0.25, 0.3) is 11.7 Å². The summed E-state index contributed by atoms with van der Waals surface area (Å²) in [6.07, 6.45) is 7.80. The Morgan fingerprint density at radius 1 is 1.29 bits per heavy atom. The largest absolute Gasteiger partial charge is 0.351 e. The summed E-state index contributed by atoms with van der Waals surface area (Å²) >= 11 is 1.44. The van der Waals surface area contributed by atoms with Crippen LogP contribution < -0.4 is 16.0 Å². The lowest BCUT2D eigenvalue weighted by Gasteiger charge is -2.14. The first kappa shape index (κ1) is 19.5. The van der Waals surface area contributed by atoms with Gasteiger partial charge in [0, 0.05) is 25.7 Å². The van der Waals surface area contributed by atoms with Gasteiger partial charge in [-0.15, -0.1) is 11.8 Å². The van der Waals surface area contributed by atoms with Crippen molar-refractivity contribution in [2.24, 2.45) is 0 Å². The smallest absolute Gasteiger partial charge is 0.326 e. The number of thioether (sulfide) groups is 1. The zero-order valence-electron chi connectivity index (χ0n) is 16.9. The lowest BCUT2D eigenvalue weighted by Crippen LogP contribution is -2.22. The SMILES string of the molecule is CN(C)C(=O)C1=CCC(c2nc(NC3CC3)n3ncc(/C=C4\NC(=O)NC4=O)c3n2)S1. The Morgan fingerprint density at radius 3 is 2.77 bits per heavy atom. The molecule has 3 aliphatic rings. The lowest BCUT2D eigenvalue weighted by molar-refractivity contribution is -0.124. The van der Waals surface area contributed by atoms with Crippen molar-refractivity contribution in [1.82, 2.24) is 35.1 Å². The van der Waals surface area contributed by atoms with Gasteiger partial charge in [0.25, 0.3) is 11.8 Å². The Labute approximate surface area is 181 Å². The second-order valence-electron chi connectivity index (χ2n) is 7.74. The van der Waals surface area contributed by atoms with Crippen LogP contribution in [0.2, 0.25) is 0 Å². The summed E-state index contributed by atoms with van der Waals surface area (Å²) in [5.41, 5.74) is 1.23. The molecule has 1 atom stereocenters. The van der Waals surface area contributed by atoms with E-state index >= 15 is 0 Å². The molecule has 4 amide bonds. The highest BCUT2D eigenvalue weighted by atomic mass is 32.2. The first-order valence-electron chi connectivity index (χ1n) is 9.84. The highest BCUT2D eigenvalue weighted by molar-refractivity contribution is 8.04. The molecule has 0 spiro atoms. The molecule has 11 nitrogen and oxygen atoms in total. The molecule has 0 radical (unpaired) electrons. The molecule has 4 heterocycles. The fourth-order valence-electron chi connectivity index (χ4n) is 3.28. The van der Waals surface area contributed by atoms with E-state index < -0.39 is 11.9 Å². The van der Waals surface area contributed by atoms with E-state index in [0.29, 0.717) is 40.4 Å². The minimum Gasteiger partial charge on any atom is -0.351 e. The highest BCUT2D eigenvalue weighted by Crippen LogP contribution is 2.43. The zero-order chi connectivity index (χ0) is 21.7. The molecule has 2 aromatic heterocycles. The topological polar surface area (TPSA) is 134 Å². The van der Waals surface area contributed by atoms with Gasteiger partial charge >= 0.3 is 6.03 Å². The number of carbonyl (C=O) groups excluding carboxylic acids is 3. The molecule has 1 saturated heterocycles. The van der Waals surface area contributed by atoms with Gasteiger partial charge in [0.15, 0.2) is 5.65 Å². The number of rotatable bonds is 5. The van der Waals surface area contributed by atoms with Crippen LogP contribution in [0.15, 0.2) is 22.9 Å². The Hall–Kier alpha value is -3.41. The summed E-state index contributed by atoms with van der Waals surface area (Å²) in [5.74, 6) is 0.610. The van der Waals surface area contributed by atoms with Crippen molar-refractivity contribution in [2.45, 2.75) is 30.6 Å². The summed E-state index contributed by atoms with van der Waals surface area (Å²) in [7, 11) is 3.45. The molecule has 5 rings (SSSR count). The van der Waals surface area contributed by atoms with E-state index in [1.54, 1.807) is 35.8 Å². The maximum absolute atomic E-state index is 12.3. The van der Waals surface area contributed by atoms with Crippen molar-refractivity contribution in [1.29, 1.82) is 0 Å². The summed E-state index contributed by atoms with van der Waals surface area (Å²) in [5, 5.41) is 12.3. The van der Waals surface area contributed by atoms with Crippen LogP contribution in [-0.2, 0) is 9.59 Å². The van der Waals surface area contributed by atoms with Crippen LogP contribution in [0, 0.1) is 0 Å². The molecule has 31 heavy (non-hydrogen) atoms. The third-order valence-electron chi connectivity index (χ3n) is 5.03. The number of nitrogens with one attached hydrogen (secondary N) is 3. The van der Waals surface area contributed by atoms with Crippen LogP contribution in [-0.4, -0.2) is 62.5 Å². The number of carbonyl (C=O) groups is 3. The molecular formula is C19H20N8O3S. The monoisotopic (exact) mass is 440 g/mol. The number of urea groups is 1. The standard InChI is InChI=1S/C19H20N8O3S/c1-26(2)17(29)13-6-5-12(31-13)14-23-15-9(7-11-16(28)25-19(30)22-11)8-20-27(15)18(24-14)21-10-3-4-10/h6-8,10,12H,3-5H2,1-2H3,(H,21,23,24)(H2,22,25,28,30)/b11-7-. The molecule has 1 aliphatic carbocycles. The van der Waals surface area contributed by atoms with Crippen LogP contribution in [0.1, 0.15) is 35.9 Å². The number of hydrogen-bond acceptors (Lipinski definition) is 8. The van der Waals surface area contributed by atoms with Crippen molar-refractivity contribution in [3.05, 3.63) is 34.3 Å². The van der Waals surface area contributed by atoms with Crippen molar-refractivity contribution in [3.8, 4) is 0 Å². The zero-order valence-corrected chi connectivity index (χ0v) is 17.7. The molecule has 2 aliphatic heterocycles. The fraction of sp³-hybridized carbons (Fsp3) is 0.368. The number of hydrogen-bond donors (Lipinski definition) is 3. The number of fused-ring (bicyclic) bond motifs is 1. The van der Waals surface area contributed by atoms with Gasteiger partial charge < -0.3 is 15.5 Å². The quantitative estimate of drug-likeness (QED) is 0.464. The Morgan fingerprint density at radius 2 is 2.10 bits per heavy atom. The lowest BCUT2D eigenvalue weighted by atomic mass is 10.2. The van der Waals surface area contributed by atoms with Crippen LogP contribution in [0.5, 0.6) is 0 Å². The average molecular weight is 440 g/mol. The van der Waals surface area contributed by atoms with E-state index in [1.807, 2.05) is 6.08 Å². The maximum Gasteiger partial charge on any atom is 0.326 e. The first-order valence-corrected chi connectivity index (χ1v) is 10.7. The van der Waals surface area contributed by atoms with Crippen LogP contribution >= 0.6 is 11.8 Å². The third-order valence-corrected chi connectivity index (χ3v) is 6.32. The maximum atomic E-state index is 12.3. The van der Waals surface area contributed by atoms with Gasteiger partial charge in [0.2, 0.25) is 5.95 Å². The molecule has 0 aromatic carbocycles. The van der Waals surface area contributed by atoms with Crippen LogP contribution in [0.3, 0.4) is 0 Å². The van der Waals surface area contributed by atoms with Crippen LogP contribution in [0.4, 0.5) is 10.7 Å². The van der Waals surface area contributed by atoms with Crippen molar-refractivity contribution in [3.63, 3.8) is 0 Å². The second kappa shape index (κ2) is 7.38. The van der Waals surface area contributed by atoms with E-state index in [4.69, 9.17) is 9.97 Å². The Bertz CT molecular complexity index is 1180. The first-order chi connectivity index (χ1) is 14.9. The summed E-state index contributed by atoms with van der Waals surface area (Å²) in [6, 6.07) is -0.220.